The number of nitrogens with one attached hydrogen (secondary N) is 2. The van der Waals surface area contributed by atoms with Crippen LogP contribution in [0.25, 0.3) is 0 Å². The summed E-state index contributed by atoms with van der Waals surface area (Å²) in [5.74, 6) is -0.619. The van der Waals surface area contributed by atoms with Crippen LogP contribution in [0.15, 0.2) is 0 Å². The first-order valence-corrected chi connectivity index (χ1v) is 5.65. The van der Waals surface area contributed by atoms with Crippen LogP contribution >= 0.6 is 0 Å². The van der Waals surface area contributed by atoms with Crippen LogP contribution in [0.2, 0.25) is 0 Å². The second kappa shape index (κ2) is 8.26. The van der Waals surface area contributed by atoms with E-state index in [2.05, 4.69) is 24.5 Å². The van der Waals surface area contributed by atoms with Crippen LogP contribution in [0.4, 0.5) is 0 Å². The van der Waals surface area contributed by atoms with Crippen LogP contribution in [0.5, 0.6) is 0 Å². The molecule has 0 unspecified atom stereocenters. The van der Waals surface area contributed by atoms with Crippen LogP contribution in [-0.2, 0) is 9.59 Å². The zero-order valence-electron chi connectivity index (χ0n) is 9.93. The maximum atomic E-state index is 11.1. The summed E-state index contributed by atoms with van der Waals surface area (Å²) >= 11 is 0. The van der Waals surface area contributed by atoms with Gasteiger partial charge in [-0.05, 0) is 12.3 Å². The molecule has 0 aromatic carbocycles. The quantitative estimate of drug-likeness (QED) is 0.650. The maximum Gasteiger partial charge on any atom is 0.309 e. The normalized spacial score (nSPS) is 11.9. The molecule has 0 spiro atoms. The lowest BCUT2D eigenvalue weighted by Gasteiger charge is -2.14. The van der Waals surface area contributed by atoms with Crippen molar-refractivity contribution in [2.75, 3.05) is 13.6 Å². The molecule has 0 saturated heterocycles. The van der Waals surface area contributed by atoms with E-state index in [0.717, 1.165) is 12.8 Å². The molecule has 4 heteroatoms. The molecule has 15 heavy (non-hydrogen) atoms. The Balaban J connectivity index is 3.79. The van der Waals surface area contributed by atoms with Gasteiger partial charge >= 0.3 is 11.8 Å². The average Bonchev–Trinajstić information content (AvgIpc) is 2.27. The van der Waals surface area contributed by atoms with E-state index in [1.165, 1.54) is 19.9 Å². The SMILES string of the molecule is CCCC[C@@H](CC)CNC(=O)C(=O)NC. The van der Waals surface area contributed by atoms with Crippen molar-refractivity contribution in [1.82, 2.24) is 10.6 Å². The van der Waals surface area contributed by atoms with Gasteiger partial charge in [-0.1, -0.05) is 33.1 Å². The van der Waals surface area contributed by atoms with Gasteiger partial charge in [0.1, 0.15) is 0 Å². The zero-order valence-corrected chi connectivity index (χ0v) is 9.93. The van der Waals surface area contributed by atoms with E-state index < -0.39 is 11.8 Å². The molecule has 0 aliphatic carbocycles. The van der Waals surface area contributed by atoms with Gasteiger partial charge in [0.2, 0.25) is 0 Å². The first-order chi connectivity index (χ1) is 7.15. The molecule has 2 N–H and O–H groups in total. The molecule has 0 bridgehead atoms. The van der Waals surface area contributed by atoms with Crippen molar-refractivity contribution in [2.24, 2.45) is 5.92 Å². The molecule has 0 aliphatic heterocycles. The predicted molar refractivity (Wildman–Crippen MR) is 60.4 cm³/mol. The summed E-state index contributed by atoms with van der Waals surface area (Å²) in [7, 11) is 1.45. The van der Waals surface area contributed by atoms with E-state index in [1.807, 2.05) is 0 Å². The third-order valence-corrected chi connectivity index (χ3v) is 2.53. The van der Waals surface area contributed by atoms with Crippen LogP contribution in [-0.4, -0.2) is 25.4 Å². The number of hydrogen-bond donors (Lipinski definition) is 2. The van der Waals surface area contributed by atoms with Crippen LogP contribution in [0.1, 0.15) is 39.5 Å². The van der Waals surface area contributed by atoms with Gasteiger partial charge < -0.3 is 10.6 Å². The molecule has 2 amide bonds. The minimum atomic E-state index is -0.569. The molecule has 0 rings (SSSR count). The van der Waals surface area contributed by atoms with E-state index in [4.69, 9.17) is 0 Å². The number of hydrogen-bond acceptors (Lipinski definition) is 2. The van der Waals surface area contributed by atoms with Gasteiger partial charge in [0, 0.05) is 13.6 Å². The molecule has 0 radical (unpaired) electrons. The minimum absolute atomic E-state index is 0.485. The Kier molecular flexibility index (Phi) is 7.68. The van der Waals surface area contributed by atoms with E-state index in [1.54, 1.807) is 0 Å². The summed E-state index contributed by atoms with van der Waals surface area (Å²) in [4.78, 5) is 22.0. The van der Waals surface area contributed by atoms with Crippen molar-refractivity contribution in [3.8, 4) is 0 Å². The number of amides is 2. The van der Waals surface area contributed by atoms with Crippen molar-refractivity contribution < 1.29 is 9.59 Å². The Hall–Kier alpha value is -1.06. The third kappa shape index (κ3) is 6.10. The van der Waals surface area contributed by atoms with E-state index in [-0.39, 0.29) is 0 Å². The van der Waals surface area contributed by atoms with Crippen LogP contribution < -0.4 is 10.6 Å². The smallest absolute Gasteiger partial charge is 0.309 e. The number of carbonyl (C=O) groups excluding carboxylic acids is 2. The Bertz CT molecular complexity index is 205. The molecular formula is C11H22N2O2. The predicted octanol–water partition coefficient (Wildman–Crippen LogP) is 1.06. The van der Waals surface area contributed by atoms with Gasteiger partial charge in [-0.3, -0.25) is 9.59 Å². The van der Waals surface area contributed by atoms with Crippen molar-refractivity contribution in [2.45, 2.75) is 39.5 Å². The summed E-state index contributed by atoms with van der Waals surface area (Å²) in [6.45, 7) is 4.85. The fourth-order valence-electron chi connectivity index (χ4n) is 1.37. The molecule has 0 aliphatic rings. The summed E-state index contributed by atoms with van der Waals surface area (Å²) in [5.41, 5.74) is 0. The van der Waals surface area contributed by atoms with E-state index in [9.17, 15) is 9.59 Å². The van der Waals surface area contributed by atoms with Crippen molar-refractivity contribution in [3.05, 3.63) is 0 Å². The van der Waals surface area contributed by atoms with Crippen molar-refractivity contribution in [1.29, 1.82) is 0 Å². The first kappa shape index (κ1) is 13.9. The standard InChI is InChI=1S/C11H22N2O2/c1-4-6-7-9(5-2)8-13-11(15)10(14)12-3/h9H,4-8H2,1-3H3,(H,12,14)(H,13,15)/t9-/m1/s1. The Morgan fingerprint density at radius 3 is 2.33 bits per heavy atom. The number of carbonyl (C=O) groups is 2. The van der Waals surface area contributed by atoms with Gasteiger partial charge in [-0.2, -0.15) is 0 Å². The van der Waals surface area contributed by atoms with Gasteiger partial charge in [0.15, 0.2) is 0 Å². The second-order valence-corrected chi connectivity index (χ2v) is 3.71. The van der Waals surface area contributed by atoms with Crippen LogP contribution in [0.3, 0.4) is 0 Å². The van der Waals surface area contributed by atoms with Crippen molar-refractivity contribution >= 4 is 11.8 Å². The van der Waals surface area contributed by atoms with E-state index in [0.29, 0.717) is 12.5 Å². The lowest BCUT2D eigenvalue weighted by atomic mass is 9.99. The summed E-state index contributed by atoms with van der Waals surface area (Å²) in [6, 6.07) is 0. The first-order valence-electron chi connectivity index (χ1n) is 5.65. The van der Waals surface area contributed by atoms with Gasteiger partial charge in [-0.15, -0.1) is 0 Å². The third-order valence-electron chi connectivity index (χ3n) is 2.53. The highest BCUT2D eigenvalue weighted by Crippen LogP contribution is 2.10. The zero-order chi connectivity index (χ0) is 11.7. The highest BCUT2D eigenvalue weighted by Gasteiger charge is 2.13. The fraction of sp³-hybridized carbons (Fsp3) is 0.818. The maximum absolute atomic E-state index is 11.1. The highest BCUT2D eigenvalue weighted by molar-refractivity contribution is 6.34. The molecule has 88 valence electrons. The molecule has 0 saturated carbocycles. The molecule has 0 heterocycles. The molecule has 0 fully saturated rings. The van der Waals surface area contributed by atoms with Crippen LogP contribution in [0, 0.1) is 5.92 Å². The van der Waals surface area contributed by atoms with Crippen molar-refractivity contribution in [3.63, 3.8) is 0 Å². The average molecular weight is 214 g/mol. The summed E-state index contributed by atoms with van der Waals surface area (Å²) in [6.07, 6.45) is 4.49. The lowest BCUT2D eigenvalue weighted by molar-refractivity contribution is -0.139. The largest absolute Gasteiger partial charge is 0.351 e. The number of likely N-dealkylation sites (N-methyl/N-ethyl adjacent to an activating group) is 1. The minimum Gasteiger partial charge on any atom is -0.351 e. The topological polar surface area (TPSA) is 58.2 Å². The molecular weight excluding hydrogens is 192 g/mol. The molecule has 4 nitrogen and oxygen atoms in total. The summed E-state index contributed by atoms with van der Waals surface area (Å²) in [5, 5.41) is 4.94. The second-order valence-electron chi connectivity index (χ2n) is 3.71. The monoisotopic (exact) mass is 214 g/mol. The highest BCUT2D eigenvalue weighted by atomic mass is 16.2. The van der Waals surface area contributed by atoms with E-state index >= 15 is 0 Å². The molecule has 1 atom stereocenters. The lowest BCUT2D eigenvalue weighted by Crippen LogP contribution is -2.40. The number of rotatable bonds is 6. The fourth-order valence-corrected chi connectivity index (χ4v) is 1.37. The van der Waals surface area contributed by atoms with Gasteiger partial charge in [0.05, 0.1) is 0 Å². The molecule has 0 aromatic rings. The summed E-state index contributed by atoms with van der Waals surface area (Å²) < 4.78 is 0. The number of unbranched alkanes of at least 4 members (excludes halogenated alkanes) is 1. The Morgan fingerprint density at radius 2 is 1.87 bits per heavy atom. The van der Waals surface area contributed by atoms with Gasteiger partial charge in [0.25, 0.3) is 0 Å². The van der Waals surface area contributed by atoms with Gasteiger partial charge in [-0.25, -0.2) is 0 Å². The Morgan fingerprint density at radius 1 is 1.20 bits per heavy atom. The Labute approximate surface area is 91.8 Å². The molecule has 0 aromatic heterocycles.